The first-order chi connectivity index (χ1) is 17.8. The average molecular weight is 501 g/mol. The zero-order valence-corrected chi connectivity index (χ0v) is 21.2. The Morgan fingerprint density at radius 2 is 1.89 bits per heavy atom. The Morgan fingerprint density at radius 1 is 1.08 bits per heavy atom. The number of anilines is 1. The molecular formula is C28H29FN6O2. The van der Waals surface area contributed by atoms with Gasteiger partial charge in [0.05, 0.1) is 17.3 Å². The Labute approximate surface area is 214 Å². The van der Waals surface area contributed by atoms with Gasteiger partial charge in [-0.1, -0.05) is 44.4 Å². The van der Waals surface area contributed by atoms with Gasteiger partial charge in [-0.3, -0.25) is 9.59 Å². The molecule has 1 aromatic carbocycles. The monoisotopic (exact) mass is 500 g/mol. The lowest BCUT2D eigenvalue weighted by atomic mass is 9.84. The number of fused-ring (bicyclic) bond motifs is 2. The second kappa shape index (κ2) is 9.80. The van der Waals surface area contributed by atoms with E-state index in [4.69, 9.17) is 10.1 Å². The summed E-state index contributed by atoms with van der Waals surface area (Å²) < 4.78 is 16.0. The van der Waals surface area contributed by atoms with Crippen molar-refractivity contribution in [3.8, 4) is 11.5 Å². The van der Waals surface area contributed by atoms with Crippen LogP contribution in [0, 0.1) is 5.82 Å². The highest BCUT2D eigenvalue weighted by atomic mass is 19.1. The number of nitrogens with zero attached hydrogens (tertiary/aromatic N) is 5. The molecule has 9 heteroatoms. The van der Waals surface area contributed by atoms with Gasteiger partial charge < -0.3 is 5.32 Å². The molecule has 1 aliphatic rings. The molecule has 0 saturated carbocycles. The topological polar surface area (TPSA) is 103 Å². The predicted molar refractivity (Wildman–Crippen MR) is 139 cm³/mol. The summed E-state index contributed by atoms with van der Waals surface area (Å²) in [4.78, 5) is 40.0. The van der Waals surface area contributed by atoms with E-state index < -0.39 is 5.41 Å². The first-order valence-electron chi connectivity index (χ1n) is 12.6. The molecule has 8 nitrogen and oxygen atoms in total. The van der Waals surface area contributed by atoms with Gasteiger partial charge in [-0.2, -0.15) is 5.10 Å². The number of halogens is 1. The van der Waals surface area contributed by atoms with Crippen LogP contribution in [-0.2, 0) is 16.8 Å². The number of Topliss-reactive ketones (excluding diaryl/α,β-unsaturated/α-hetero) is 1. The summed E-state index contributed by atoms with van der Waals surface area (Å²) >= 11 is 0. The van der Waals surface area contributed by atoms with Gasteiger partial charge in [-0.15, -0.1) is 0 Å². The van der Waals surface area contributed by atoms with Gasteiger partial charge in [0.15, 0.2) is 17.3 Å². The molecule has 5 rings (SSSR count). The second-order valence-corrected chi connectivity index (χ2v) is 9.90. The van der Waals surface area contributed by atoms with Crippen LogP contribution in [0.2, 0.25) is 0 Å². The van der Waals surface area contributed by atoms with Gasteiger partial charge in [-0.25, -0.2) is 24.0 Å². The lowest BCUT2D eigenvalue weighted by Gasteiger charge is -2.17. The summed E-state index contributed by atoms with van der Waals surface area (Å²) in [5.41, 5.74) is 1.27. The fourth-order valence-corrected chi connectivity index (χ4v) is 4.73. The number of pyridine rings is 1. The van der Waals surface area contributed by atoms with E-state index in [9.17, 15) is 14.0 Å². The van der Waals surface area contributed by atoms with Crippen molar-refractivity contribution < 1.29 is 14.0 Å². The maximum absolute atomic E-state index is 14.4. The number of aromatic nitrogens is 5. The summed E-state index contributed by atoms with van der Waals surface area (Å²) in [7, 11) is 0. The summed E-state index contributed by atoms with van der Waals surface area (Å²) in [5, 5.41) is 8.20. The van der Waals surface area contributed by atoms with Crippen LogP contribution in [0.5, 0.6) is 0 Å². The maximum Gasteiger partial charge on any atom is 0.235 e. The zero-order chi connectivity index (χ0) is 26.2. The van der Waals surface area contributed by atoms with E-state index in [1.165, 1.54) is 6.07 Å². The Hall–Kier alpha value is -4.01. The van der Waals surface area contributed by atoms with Gasteiger partial charge >= 0.3 is 0 Å². The minimum Gasteiger partial charge on any atom is -0.310 e. The molecule has 3 aromatic heterocycles. The van der Waals surface area contributed by atoms with Gasteiger partial charge in [0.25, 0.3) is 0 Å². The number of carbonyl (C=O) groups is 2. The molecule has 0 spiro atoms. The average Bonchev–Trinajstić information content (AvgIpc) is 3.36. The first-order valence-corrected chi connectivity index (χ1v) is 12.6. The largest absolute Gasteiger partial charge is 0.310 e. The third-order valence-corrected chi connectivity index (χ3v) is 6.85. The van der Waals surface area contributed by atoms with Crippen LogP contribution in [0.25, 0.3) is 22.6 Å². The summed E-state index contributed by atoms with van der Waals surface area (Å²) in [6.07, 6.45) is 5.83. The molecule has 37 heavy (non-hydrogen) atoms. The van der Waals surface area contributed by atoms with Crippen molar-refractivity contribution in [2.24, 2.45) is 0 Å². The highest BCUT2D eigenvalue weighted by molar-refractivity contribution is 6.09. The number of hydrogen-bond acceptors (Lipinski definition) is 6. The number of benzene rings is 1. The molecule has 1 aliphatic heterocycles. The van der Waals surface area contributed by atoms with Crippen LogP contribution in [-0.4, -0.2) is 36.4 Å². The smallest absolute Gasteiger partial charge is 0.235 e. The van der Waals surface area contributed by atoms with Crippen LogP contribution in [0.1, 0.15) is 74.5 Å². The van der Waals surface area contributed by atoms with E-state index in [0.717, 1.165) is 25.7 Å². The molecule has 0 fully saturated rings. The number of hydrogen-bond donors (Lipinski definition) is 1. The summed E-state index contributed by atoms with van der Waals surface area (Å²) in [5.74, 6) is -0.130. The SMILES string of the molecule is CCCCCCC(=O)c1nc(-c2nn(Cc3ccccc3F)c3ncccc23)nc2c1C(C)(C)C(=O)N2. The Kier molecular flexibility index (Phi) is 6.54. The third kappa shape index (κ3) is 4.50. The molecular weight excluding hydrogens is 471 g/mol. The third-order valence-electron chi connectivity index (χ3n) is 6.85. The molecule has 4 heterocycles. The molecule has 0 radical (unpaired) electrons. The minimum atomic E-state index is -0.934. The van der Waals surface area contributed by atoms with E-state index in [-0.39, 0.29) is 35.6 Å². The van der Waals surface area contributed by atoms with Crippen molar-refractivity contribution in [3.63, 3.8) is 0 Å². The number of rotatable bonds is 9. The summed E-state index contributed by atoms with van der Waals surface area (Å²) in [6, 6.07) is 10.1. The molecule has 1 amide bonds. The molecule has 0 saturated heterocycles. The summed E-state index contributed by atoms with van der Waals surface area (Å²) in [6.45, 7) is 5.83. The number of carbonyl (C=O) groups excluding carboxylic acids is 2. The highest BCUT2D eigenvalue weighted by Crippen LogP contribution is 2.40. The number of amides is 1. The minimum absolute atomic E-state index is 0.117. The van der Waals surface area contributed by atoms with Crippen LogP contribution in [0.15, 0.2) is 42.6 Å². The lowest BCUT2D eigenvalue weighted by Crippen LogP contribution is -2.28. The van der Waals surface area contributed by atoms with Gasteiger partial charge in [0.2, 0.25) is 5.91 Å². The fourth-order valence-electron chi connectivity index (χ4n) is 4.73. The quantitative estimate of drug-likeness (QED) is 0.242. The predicted octanol–water partition coefficient (Wildman–Crippen LogP) is 5.46. The number of unbranched alkanes of at least 4 members (excludes halogenated alkanes) is 3. The first kappa shape index (κ1) is 24.7. The Balaban J connectivity index is 1.62. The molecule has 0 unspecified atom stereocenters. The van der Waals surface area contributed by atoms with E-state index >= 15 is 0 Å². The fraction of sp³-hybridized carbons (Fsp3) is 0.357. The standard InChI is InChI=1S/C28H29FN6O2/c1-4-5-6-7-14-20(36)23-21-24(33-27(37)28(21,2)3)32-25(31-23)22-18-12-10-15-30-26(18)35(34-22)16-17-11-8-9-13-19(17)29/h8-13,15H,4-7,14,16H2,1-3H3,(H,31,32,33,37). The maximum atomic E-state index is 14.4. The lowest BCUT2D eigenvalue weighted by molar-refractivity contribution is -0.119. The van der Waals surface area contributed by atoms with Crippen molar-refractivity contribution in [1.82, 2.24) is 24.7 Å². The number of ketones is 1. The van der Waals surface area contributed by atoms with Crippen LogP contribution < -0.4 is 5.32 Å². The molecule has 1 N–H and O–H groups in total. The van der Waals surface area contributed by atoms with Crippen molar-refractivity contribution in [3.05, 3.63) is 65.2 Å². The van der Waals surface area contributed by atoms with Crippen LogP contribution in [0.3, 0.4) is 0 Å². The molecule has 4 aromatic rings. The normalized spacial score (nSPS) is 14.1. The van der Waals surface area contributed by atoms with E-state index in [1.807, 2.05) is 6.07 Å². The van der Waals surface area contributed by atoms with Crippen LogP contribution in [0.4, 0.5) is 10.2 Å². The van der Waals surface area contributed by atoms with Gasteiger partial charge in [0.1, 0.15) is 23.0 Å². The molecule has 0 bridgehead atoms. The molecule has 0 atom stereocenters. The zero-order valence-electron chi connectivity index (χ0n) is 21.2. The van der Waals surface area contributed by atoms with Crippen molar-refractivity contribution in [1.29, 1.82) is 0 Å². The Morgan fingerprint density at radius 3 is 2.68 bits per heavy atom. The van der Waals surface area contributed by atoms with Crippen molar-refractivity contribution in [2.45, 2.75) is 64.8 Å². The second-order valence-electron chi connectivity index (χ2n) is 9.90. The van der Waals surface area contributed by atoms with E-state index in [2.05, 4.69) is 22.2 Å². The van der Waals surface area contributed by atoms with Crippen LogP contribution >= 0.6 is 0 Å². The number of nitrogens with one attached hydrogen (secondary N) is 1. The highest BCUT2D eigenvalue weighted by Gasteiger charge is 2.44. The molecule has 190 valence electrons. The van der Waals surface area contributed by atoms with Crippen molar-refractivity contribution >= 4 is 28.5 Å². The van der Waals surface area contributed by atoms with E-state index in [1.54, 1.807) is 49.0 Å². The van der Waals surface area contributed by atoms with E-state index in [0.29, 0.717) is 40.1 Å². The van der Waals surface area contributed by atoms with Crippen molar-refractivity contribution in [2.75, 3.05) is 5.32 Å². The molecule has 0 aliphatic carbocycles. The Bertz CT molecular complexity index is 1510. The van der Waals surface area contributed by atoms with Gasteiger partial charge in [0, 0.05) is 23.7 Å². The van der Waals surface area contributed by atoms with Gasteiger partial charge in [-0.05, 0) is 38.5 Å².